The van der Waals surface area contributed by atoms with E-state index in [9.17, 15) is 4.79 Å². The van der Waals surface area contributed by atoms with E-state index < -0.39 is 0 Å². The van der Waals surface area contributed by atoms with E-state index in [-0.39, 0.29) is 5.78 Å². The van der Waals surface area contributed by atoms with Crippen LogP contribution < -0.4 is 11.1 Å². The van der Waals surface area contributed by atoms with Crippen LogP contribution in [0.3, 0.4) is 0 Å². The number of rotatable bonds is 6. The van der Waals surface area contributed by atoms with Crippen molar-refractivity contribution in [2.75, 3.05) is 11.9 Å². The number of carbonyl (C=O) groups is 1. The maximum absolute atomic E-state index is 12.2. The lowest BCUT2D eigenvalue weighted by molar-refractivity contribution is -0.108. The SMILES string of the molecule is NC1=CC(=O)C(=Nc2c(NCCCn3ccnc3)nn3ccccc23)C=C1. The lowest BCUT2D eigenvalue weighted by Crippen LogP contribution is -2.15. The first-order valence-electron chi connectivity index (χ1n) is 8.66. The van der Waals surface area contributed by atoms with Crippen LogP contribution in [-0.2, 0) is 11.3 Å². The van der Waals surface area contributed by atoms with Gasteiger partial charge in [-0.1, -0.05) is 6.07 Å². The van der Waals surface area contributed by atoms with Gasteiger partial charge in [0, 0.05) is 43.5 Å². The molecule has 3 aromatic rings. The molecule has 0 aromatic carbocycles. The molecule has 1 aliphatic rings. The number of anilines is 1. The molecule has 0 saturated heterocycles. The van der Waals surface area contributed by atoms with Crippen molar-refractivity contribution >= 4 is 28.5 Å². The zero-order chi connectivity index (χ0) is 18.6. The van der Waals surface area contributed by atoms with Crippen molar-refractivity contribution in [3.05, 3.63) is 67.0 Å². The lowest BCUT2D eigenvalue weighted by Gasteiger charge is -2.06. The van der Waals surface area contributed by atoms with E-state index in [2.05, 4.69) is 20.4 Å². The first kappa shape index (κ1) is 16.8. The third-order valence-electron chi connectivity index (χ3n) is 4.17. The second-order valence-corrected chi connectivity index (χ2v) is 6.15. The predicted octanol–water partition coefficient (Wildman–Crippen LogP) is 2.09. The van der Waals surface area contributed by atoms with Crippen LogP contribution in [0.25, 0.3) is 5.52 Å². The average Bonchev–Trinajstić information content (AvgIpc) is 3.29. The van der Waals surface area contributed by atoms with Gasteiger partial charge in [-0.3, -0.25) is 4.79 Å². The maximum atomic E-state index is 12.2. The zero-order valence-electron chi connectivity index (χ0n) is 14.6. The monoisotopic (exact) mass is 361 g/mol. The fourth-order valence-corrected chi connectivity index (χ4v) is 2.85. The van der Waals surface area contributed by atoms with E-state index in [1.807, 2.05) is 35.2 Å². The van der Waals surface area contributed by atoms with Gasteiger partial charge in [0.1, 0.15) is 11.4 Å². The highest BCUT2D eigenvalue weighted by Gasteiger charge is 2.16. The van der Waals surface area contributed by atoms with Crippen LogP contribution in [0.4, 0.5) is 11.5 Å². The number of aromatic nitrogens is 4. The molecule has 3 heterocycles. The molecule has 136 valence electrons. The molecule has 0 fully saturated rings. The summed E-state index contributed by atoms with van der Waals surface area (Å²) in [7, 11) is 0. The first-order chi connectivity index (χ1) is 13.2. The van der Waals surface area contributed by atoms with Gasteiger partial charge in [-0.2, -0.15) is 0 Å². The maximum Gasteiger partial charge on any atom is 0.206 e. The highest BCUT2D eigenvalue weighted by atomic mass is 16.1. The molecule has 0 spiro atoms. The second kappa shape index (κ2) is 7.28. The largest absolute Gasteiger partial charge is 0.399 e. The van der Waals surface area contributed by atoms with Gasteiger partial charge in [-0.15, -0.1) is 5.10 Å². The van der Waals surface area contributed by atoms with E-state index in [1.165, 1.54) is 6.08 Å². The number of nitrogens with zero attached hydrogens (tertiary/aromatic N) is 5. The molecular weight excluding hydrogens is 342 g/mol. The molecule has 1 aliphatic carbocycles. The van der Waals surface area contributed by atoms with Crippen molar-refractivity contribution in [3.63, 3.8) is 0 Å². The van der Waals surface area contributed by atoms with Crippen molar-refractivity contribution < 1.29 is 4.79 Å². The number of nitrogens with one attached hydrogen (secondary N) is 1. The molecule has 0 aliphatic heterocycles. The van der Waals surface area contributed by atoms with Gasteiger partial charge in [-0.25, -0.2) is 14.5 Å². The Kier molecular flexibility index (Phi) is 4.52. The summed E-state index contributed by atoms with van der Waals surface area (Å²) in [6.07, 6.45) is 12.9. The fraction of sp³-hybridized carbons (Fsp3) is 0.158. The normalized spacial score (nSPS) is 15.5. The summed E-state index contributed by atoms with van der Waals surface area (Å²) in [6, 6.07) is 5.74. The number of nitrogens with two attached hydrogens (primary N) is 1. The Balaban J connectivity index is 1.58. The smallest absolute Gasteiger partial charge is 0.206 e. The molecular formula is C19H19N7O. The summed E-state index contributed by atoms with van der Waals surface area (Å²) in [5.74, 6) is 0.430. The summed E-state index contributed by atoms with van der Waals surface area (Å²) < 4.78 is 3.77. The van der Waals surface area contributed by atoms with E-state index >= 15 is 0 Å². The van der Waals surface area contributed by atoms with Crippen molar-refractivity contribution in [2.24, 2.45) is 10.7 Å². The first-order valence-corrected chi connectivity index (χ1v) is 8.66. The van der Waals surface area contributed by atoms with Gasteiger partial charge in [0.05, 0.1) is 11.8 Å². The molecule has 0 radical (unpaired) electrons. The molecule has 27 heavy (non-hydrogen) atoms. The van der Waals surface area contributed by atoms with Crippen LogP contribution in [-0.4, -0.2) is 37.2 Å². The molecule has 3 N–H and O–H groups in total. The van der Waals surface area contributed by atoms with Crippen LogP contribution in [0.1, 0.15) is 6.42 Å². The number of aliphatic imine (C=N–C) groups is 1. The summed E-state index contributed by atoms with van der Waals surface area (Å²) in [5.41, 5.74) is 7.89. The Bertz CT molecular complexity index is 1060. The van der Waals surface area contributed by atoms with Gasteiger partial charge in [0.2, 0.25) is 5.78 Å². The molecule has 0 unspecified atom stereocenters. The molecule has 0 bridgehead atoms. The minimum atomic E-state index is -0.212. The lowest BCUT2D eigenvalue weighted by atomic mass is 10.1. The number of allylic oxidation sites excluding steroid dienone is 3. The van der Waals surface area contributed by atoms with Crippen molar-refractivity contribution in [3.8, 4) is 0 Å². The van der Waals surface area contributed by atoms with Crippen LogP contribution in [0.2, 0.25) is 0 Å². The summed E-state index contributed by atoms with van der Waals surface area (Å²) >= 11 is 0. The Morgan fingerprint density at radius 1 is 1.22 bits per heavy atom. The molecule has 4 rings (SSSR count). The minimum absolute atomic E-state index is 0.212. The highest BCUT2D eigenvalue weighted by molar-refractivity contribution is 6.49. The van der Waals surface area contributed by atoms with E-state index in [0.717, 1.165) is 25.0 Å². The van der Waals surface area contributed by atoms with E-state index in [0.29, 0.717) is 22.9 Å². The number of aryl methyl sites for hydroxylation is 1. The molecule has 0 amide bonds. The highest BCUT2D eigenvalue weighted by Crippen LogP contribution is 2.30. The second-order valence-electron chi connectivity index (χ2n) is 6.15. The minimum Gasteiger partial charge on any atom is -0.399 e. The van der Waals surface area contributed by atoms with Gasteiger partial charge in [0.15, 0.2) is 5.82 Å². The van der Waals surface area contributed by atoms with Crippen molar-refractivity contribution in [2.45, 2.75) is 13.0 Å². The Hall–Kier alpha value is -3.68. The molecule has 0 atom stereocenters. The van der Waals surface area contributed by atoms with Gasteiger partial charge >= 0.3 is 0 Å². The van der Waals surface area contributed by atoms with Crippen molar-refractivity contribution in [1.29, 1.82) is 0 Å². The number of imidazole rings is 1. The standard InChI is InChI=1S/C19H19N7O/c20-14-5-6-15(17(27)12-14)23-18-16-4-1-2-10-26(16)24-19(18)22-7-3-9-25-11-8-21-13-25/h1-2,4-6,8,10-13H,3,7,9,20H2,(H,22,24). The number of pyridine rings is 1. The Morgan fingerprint density at radius 3 is 2.96 bits per heavy atom. The molecule has 0 saturated carbocycles. The van der Waals surface area contributed by atoms with Crippen LogP contribution in [0.15, 0.2) is 72.0 Å². The van der Waals surface area contributed by atoms with Gasteiger partial charge < -0.3 is 15.6 Å². The van der Waals surface area contributed by atoms with Gasteiger partial charge in [0.25, 0.3) is 0 Å². The number of carbonyl (C=O) groups excluding carboxylic acids is 1. The third kappa shape index (κ3) is 3.64. The molecule has 8 nitrogen and oxygen atoms in total. The van der Waals surface area contributed by atoms with Crippen LogP contribution >= 0.6 is 0 Å². The number of hydrogen-bond donors (Lipinski definition) is 2. The number of ketones is 1. The quantitative estimate of drug-likeness (QED) is 0.517. The average molecular weight is 361 g/mol. The zero-order valence-corrected chi connectivity index (χ0v) is 14.6. The fourth-order valence-electron chi connectivity index (χ4n) is 2.85. The summed E-state index contributed by atoms with van der Waals surface area (Å²) in [4.78, 5) is 20.8. The van der Waals surface area contributed by atoms with E-state index in [1.54, 1.807) is 29.2 Å². The Labute approximate surface area is 155 Å². The number of hydrogen-bond acceptors (Lipinski definition) is 6. The summed E-state index contributed by atoms with van der Waals surface area (Å²) in [5, 5.41) is 7.89. The third-order valence-corrected chi connectivity index (χ3v) is 4.17. The van der Waals surface area contributed by atoms with Crippen LogP contribution in [0.5, 0.6) is 0 Å². The van der Waals surface area contributed by atoms with Crippen molar-refractivity contribution in [1.82, 2.24) is 19.2 Å². The Morgan fingerprint density at radius 2 is 2.15 bits per heavy atom. The molecule has 8 heteroatoms. The predicted molar refractivity (Wildman–Crippen MR) is 104 cm³/mol. The molecule has 3 aromatic heterocycles. The number of fused-ring (bicyclic) bond motifs is 1. The topological polar surface area (TPSA) is 103 Å². The summed E-state index contributed by atoms with van der Waals surface area (Å²) in [6.45, 7) is 1.58. The van der Waals surface area contributed by atoms with E-state index in [4.69, 9.17) is 5.73 Å². The van der Waals surface area contributed by atoms with Gasteiger partial charge in [-0.05, 0) is 30.7 Å². The van der Waals surface area contributed by atoms with Crippen LogP contribution in [0, 0.1) is 0 Å².